The van der Waals surface area contributed by atoms with Gasteiger partial charge in [-0.05, 0) is 26.0 Å². The Bertz CT molecular complexity index is 773. The Morgan fingerprint density at radius 1 is 1.48 bits per heavy atom. The first-order valence-corrected chi connectivity index (χ1v) is 8.72. The van der Waals surface area contributed by atoms with Crippen molar-refractivity contribution >= 4 is 22.8 Å². The number of nitrogens with zero attached hydrogens (tertiary/aromatic N) is 4. The summed E-state index contributed by atoms with van der Waals surface area (Å²) in [5, 5.41) is 9.94. The van der Waals surface area contributed by atoms with E-state index in [0.29, 0.717) is 25.6 Å². The van der Waals surface area contributed by atoms with Crippen molar-refractivity contribution in [1.29, 1.82) is 0 Å². The molecule has 0 radical (unpaired) electrons. The molecule has 8 nitrogen and oxygen atoms in total. The van der Waals surface area contributed by atoms with Crippen molar-refractivity contribution in [2.45, 2.75) is 24.9 Å². The van der Waals surface area contributed by atoms with Gasteiger partial charge < -0.3 is 19.7 Å². The average Bonchev–Trinajstić information content (AvgIpc) is 3.31. The van der Waals surface area contributed by atoms with Gasteiger partial charge in [-0.2, -0.15) is 0 Å². The Hall–Kier alpha value is -2.19. The minimum absolute atomic E-state index is 0.0151. The minimum atomic E-state index is -0.825. The van der Waals surface area contributed by atoms with E-state index in [9.17, 15) is 4.79 Å². The second-order valence-electron chi connectivity index (χ2n) is 6.95. The van der Waals surface area contributed by atoms with Gasteiger partial charge in [0.25, 0.3) is 0 Å². The van der Waals surface area contributed by atoms with Crippen LogP contribution in [0.3, 0.4) is 0 Å². The first-order valence-electron chi connectivity index (χ1n) is 8.72. The third-order valence-electron chi connectivity index (χ3n) is 4.71. The van der Waals surface area contributed by atoms with Gasteiger partial charge in [0, 0.05) is 31.7 Å². The molecule has 0 amide bonds. The Morgan fingerprint density at radius 2 is 2.32 bits per heavy atom. The lowest BCUT2D eigenvalue weighted by Gasteiger charge is -2.35. The van der Waals surface area contributed by atoms with Crippen molar-refractivity contribution in [2.75, 3.05) is 44.7 Å². The molecule has 2 N–H and O–H groups in total. The summed E-state index contributed by atoms with van der Waals surface area (Å²) < 4.78 is 5.84. The summed E-state index contributed by atoms with van der Waals surface area (Å²) in [6.45, 7) is 2.69. The summed E-state index contributed by atoms with van der Waals surface area (Å²) >= 11 is 0. The number of anilines is 1. The number of morpholine rings is 1. The fourth-order valence-corrected chi connectivity index (χ4v) is 3.37. The lowest BCUT2D eigenvalue weighted by atomic mass is 10.2. The number of fused-ring (bicyclic) bond motifs is 1. The molecule has 0 bridgehead atoms. The van der Waals surface area contributed by atoms with Crippen molar-refractivity contribution in [3.8, 4) is 0 Å². The van der Waals surface area contributed by atoms with Crippen molar-refractivity contribution in [3.05, 3.63) is 18.1 Å². The molecule has 2 aromatic rings. The van der Waals surface area contributed by atoms with Crippen LogP contribution in [0.4, 0.5) is 5.82 Å². The van der Waals surface area contributed by atoms with Gasteiger partial charge in [-0.3, -0.25) is 9.69 Å². The molecule has 1 unspecified atom stereocenters. The number of aromatic amines is 1. The zero-order valence-electron chi connectivity index (χ0n) is 14.3. The third-order valence-corrected chi connectivity index (χ3v) is 4.71. The molecule has 2 aromatic heterocycles. The van der Waals surface area contributed by atoms with Crippen molar-refractivity contribution in [1.82, 2.24) is 19.9 Å². The zero-order chi connectivity index (χ0) is 17.4. The molecule has 1 atom stereocenters. The smallest absolute Gasteiger partial charge is 0.317 e. The molecular weight excluding hydrogens is 322 g/mol. The number of hydrogen-bond acceptors (Lipinski definition) is 6. The van der Waals surface area contributed by atoms with Gasteiger partial charge >= 0.3 is 5.97 Å². The zero-order valence-corrected chi connectivity index (χ0v) is 14.3. The highest BCUT2D eigenvalue weighted by atomic mass is 16.5. The van der Waals surface area contributed by atoms with Crippen LogP contribution >= 0.6 is 0 Å². The maximum Gasteiger partial charge on any atom is 0.317 e. The molecule has 134 valence electrons. The summed E-state index contributed by atoms with van der Waals surface area (Å²) in [5.74, 6) is 1.55. The minimum Gasteiger partial charge on any atom is -0.480 e. The molecule has 4 rings (SSSR count). The number of ether oxygens (including phenoxy) is 1. The largest absolute Gasteiger partial charge is 0.480 e. The van der Waals surface area contributed by atoms with Crippen molar-refractivity contribution in [2.24, 2.45) is 0 Å². The highest BCUT2D eigenvalue weighted by molar-refractivity contribution is 5.87. The van der Waals surface area contributed by atoms with E-state index in [1.165, 1.54) is 0 Å². The van der Waals surface area contributed by atoms with Crippen LogP contribution in [0, 0.1) is 0 Å². The van der Waals surface area contributed by atoms with Crippen LogP contribution in [0.25, 0.3) is 11.0 Å². The van der Waals surface area contributed by atoms with E-state index >= 15 is 0 Å². The number of likely N-dealkylation sites (N-methyl/N-ethyl adjacent to an activating group) is 1. The van der Waals surface area contributed by atoms with Crippen LogP contribution in [0.2, 0.25) is 0 Å². The molecule has 0 aromatic carbocycles. The lowest BCUT2D eigenvalue weighted by molar-refractivity contribution is -0.138. The predicted molar refractivity (Wildman–Crippen MR) is 92.9 cm³/mol. The average molecular weight is 345 g/mol. The highest BCUT2D eigenvalue weighted by Gasteiger charge is 2.30. The Labute approximate surface area is 145 Å². The highest BCUT2D eigenvalue weighted by Crippen LogP contribution is 2.39. The normalized spacial score (nSPS) is 21.2. The Morgan fingerprint density at radius 3 is 3.08 bits per heavy atom. The molecular formula is C17H23N5O3. The Kier molecular flexibility index (Phi) is 4.30. The van der Waals surface area contributed by atoms with Crippen LogP contribution in [-0.4, -0.2) is 76.9 Å². The first kappa shape index (κ1) is 16.3. The summed E-state index contributed by atoms with van der Waals surface area (Å²) in [7, 11) is 1.80. The molecule has 1 aliphatic carbocycles. The molecule has 25 heavy (non-hydrogen) atoms. The maximum atomic E-state index is 10.8. The van der Waals surface area contributed by atoms with Gasteiger partial charge in [-0.25, -0.2) is 9.97 Å². The topological polar surface area (TPSA) is 94.6 Å². The molecule has 2 aliphatic rings. The SMILES string of the molecule is CN(CC(=O)O)CC1CN(c2nc(C3CC3)nc3[nH]ccc23)CCO1. The fraction of sp³-hybridized carbons (Fsp3) is 0.588. The summed E-state index contributed by atoms with van der Waals surface area (Å²) in [5.41, 5.74) is 0.887. The number of rotatable bonds is 6. The number of carboxylic acids is 1. The number of aromatic nitrogens is 3. The van der Waals surface area contributed by atoms with Crippen molar-refractivity contribution < 1.29 is 14.6 Å². The van der Waals surface area contributed by atoms with Crippen LogP contribution in [0.1, 0.15) is 24.6 Å². The van der Waals surface area contributed by atoms with Gasteiger partial charge in [0.1, 0.15) is 17.3 Å². The monoisotopic (exact) mass is 345 g/mol. The summed E-state index contributed by atoms with van der Waals surface area (Å²) in [4.78, 5) is 27.6. The quantitative estimate of drug-likeness (QED) is 0.808. The van der Waals surface area contributed by atoms with E-state index < -0.39 is 5.97 Å². The van der Waals surface area contributed by atoms with E-state index in [-0.39, 0.29) is 12.6 Å². The van der Waals surface area contributed by atoms with E-state index in [0.717, 1.165) is 42.1 Å². The van der Waals surface area contributed by atoms with E-state index in [2.05, 4.69) is 14.9 Å². The lowest BCUT2D eigenvalue weighted by Crippen LogP contribution is -2.48. The van der Waals surface area contributed by atoms with Crippen LogP contribution in [0.5, 0.6) is 0 Å². The Balaban J connectivity index is 1.54. The third kappa shape index (κ3) is 3.59. The van der Waals surface area contributed by atoms with E-state index in [4.69, 9.17) is 14.8 Å². The number of nitrogens with one attached hydrogen (secondary N) is 1. The van der Waals surface area contributed by atoms with Crippen LogP contribution in [-0.2, 0) is 9.53 Å². The molecule has 2 fully saturated rings. The molecule has 8 heteroatoms. The van der Waals surface area contributed by atoms with E-state index in [1.54, 1.807) is 11.9 Å². The first-order chi connectivity index (χ1) is 12.1. The molecule has 1 saturated carbocycles. The molecule has 0 spiro atoms. The van der Waals surface area contributed by atoms with Gasteiger partial charge in [0.15, 0.2) is 0 Å². The maximum absolute atomic E-state index is 10.8. The van der Waals surface area contributed by atoms with Gasteiger partial charge in [0.2, 0.25) is 0 Å². The number of carbonyl (C=O) groups is 1. The second kappa shape index (κ2) is 6.61. The predicted octanol–water partition coefficient (Wildman–Crippen LogP) is 1.06. The van der Waals surface area contributed by atoms with Gasteiger partial charge in [0.05, 0.1) is 24.6 Å². The van der Waals surface area contributed by atoms with Gasteiger partial charge in [-0.1, -0.05) is 0 Å². The van der Waals surface area contributed by atoms with Crippen LogP contribution < -0.4 is 4.90 Å². The van der Waals surface area contributed by atoms with Crippen molar-refractivity contribution in [3.63, 3.8) is 0 Å². The number of H-pyrrole nitrogens is 1. The number of carboxylic acid groups (broad SMARTS) is 1. The van der Waals surface area contributed by atoms with Crippen LogP contribution in [0.15, 0.2) is 12.3 Å². The standard InChI is InChI=1S/C17H23N5O3/c1-21(10-14(23)24)8-12-9-22(6-7-25-12)17-13-4-5-18-16(13)19-15(20-17)11-2-3-11/h4-5,11-12H,2-3,6-10H2,1H3,(H,23,24)(H,18,19,20). The number of aliphatic carboxylic acids is 1. The molecule has 3 heterocycles. The van der Waals surface area contributed by atoms with Gasteiger partial charge in [-0.15, -0.1) is 0 Å². The fourth-order valence-electron chi connectivity index (χ4n) is 3.37. The molecule has 1 aliphatic heterocycles. The summed E-state index contributed by atoms with van der Waals surface area (Å²) in [6, 6.07) is 2.02. The summed E-state index contributed by atoms with van der Waals surface area (Å²) in [6.07, 6.45) is 4.19. The number of hydrogen-bond donors (Lipinski definition) is 2. The molecule has 1 saturated heterocycles. The van der Waals surface area contributed by atoms with E-state index in [1.807, 2.05) is 12.3 Å². The second-order valence-corrected chi connectivity index (χ2v) is 6.95.